The van der Waals surface area contributed by atoms with Gasteiger partial charge in [-0.2, -0.15) is 11.3 Å². The number of hydrogen-bond donors (Lipinski definition) is 1. The first kappa shape index (κ1) is 6.84. The summed E-state index contributed by atoms with van der Waals surface area (Å²) in [7, 11) is 0. The van der Waals surface area contributed by atoms with Gasteiger partial charge in [0, 0.05) is 16.9 Å². The Morgan fingerprint density at radius 3 is 3.00 bits per heavy atom. The first-order chi connectivity index (χ1) is 4.79. The number of carboxylic acid groups (broad SMARTS) is 1. The maximum atomic E-state index is 9.92. The SMILES string of the molecule is O=C(O)C#Cc1ccsc1. The Morgan fingerprint density at radius 1 is 1.70 bits per heavy atom. The molecule has 3 heteroatoms. The van der Waals surface area contributed by atoms with E-state index in [9.17, 15) is 4.79 Å². The van der Waals surface area contributed by atoms with Crippen molar-refractivity contribution in [2.75, 3.05) is 0 Å². The molecule has 2 nitrogen and oxygen atoms in total. The summed E-state index contributed by atoms with van der Waals surface area (Å²) in [6.45, 7) is 0. The maximum Gasteiger partial charge on any atom is 0.382 e. The molecule has 0 aliphatic carbocycles. The van der Waals surface area contributed by atoms with Crippen LogP contribution < -0.4 is 0 Å². The first-order valence-electron chi connectivity index (χ1n) is 2.56. The monoisotopic (exact) mass is 152 g/mol. The van der Waals surface area contributed by atoms with Crippen molar-refractivity contribution in [2.24, 2.45) is 0 Å². The summed E-state index contributed by atoms with van der Waals surface area (Å²) < 4.78 is 0. The summed E-state index contributed by atoms with van der Waals surface area (Å²) in [6.07, 6.45) is 0. The highest BCUT2D eigenvalue weighted by molar-refractivity contribution is 7.08. The molecule has 0 fully saturated rings. The zero-order valence-electron chi connectivity index (χ0n) is 5.00. The van der Waals surface area contributed by atoms with Crippen molar-refractivity contribution in [2.45, 2.75) is 0 Å². The number of rotatable bonds is 0. The largest absolute Gasteiger partial charge is 0.472 e. The van der Waals surface area contributed by atoms with Crippen LogP contribution in [0, 0.1) is 11.8 Å². The molecule has 1 rings (SSSR count). The summed E-state index contributed by atoms with van der Waals surface area (Å²) in [6, 6.07) is 1.78. The smallest absolute Gasteiger partial charge is 0.382 e. The van der Waals surface area contributed by atoms with Gasteiger partial charge in [0.15, 0.2) is 0 Å². The van der Waals surface area contributed by atoms with Gasteiger partial charge in [0.2, 0.25) is 0 Å². The van der Waals surface area contributed by atoms with Crippen molar-refractivity contribution in [1.29, 1.82) is 0 Å². The minimum absolute atomic E-state index is 0.757. The third-order valence-corrected chi connectivity index (χ3v) is 1.52. The van der Waals surface area contributed by atoms with Crippen molar-refractivity contribution in [3.63, 3.8) is 0 Å². The Bertz CT molecular complexity index is 276. The molecule has 0 unspecified atom stereocenters. The van der Waals surface area contributed by atoms with Crippen LogP contribution in [0.5, 0.6) is 0 Å². The maximum absolute atomic E-state index is 9.92. The predicted octanol–water partition coefficient (Wildman–Crippen LogP) is 1.18. The average Bonchev–Trinajstić information content (AvgIpc) is 2.34. The molecule has 0 amide bonds. The molecule has 0 aromatic carbocycles. The molecule has 0 bridgehead atoms. The average molecular weight is 152 g/mol. The molecule has 0 saturated heterocycles. The Morgan fingerprint density at radius 2 is 2.50 bits per heavy atom. The van der Waals surface area contributed by atoms with Gasteiger partial charge < -0.3 is 5.11 Å². The van der Waals surface area contributed by atoms with E-state index in [1.807, 2.05) is 11.3 Å². The molecule has 0 saturated carbocycles. The molecule has 1 aromatic rings. The molecule has 50 valence electrons. The lowest BCUT2D eigenvalue weighted by Crippen LogP contribution is -1.86. The number of aliphatic carboxylic acids is 1. The van der Waals surface area contributed by atoms with Crippen molar-refractivity contribution < 1.29 is 9.90 Å². The lowest BCUT2D eigenvalue weighted by Gasteiger charge is -1.72. The van der Waals surface area contributed by atoms with Crippen LogP contribution in [0.3, 0.4) is 0 Å². The molecular formula is C7H4O2S. The normalized spacial score (nSPS) is 8.00. The number of carboxylic acids is 1. The highest BCUT2D eigenvalue weighted by Gasteiger charge is 1.85. The van der Waals surface area contributed by atoms with E-state index < -0.39 is 5.97 Å². The van der Waals surface area contributed by atoms with E-state index in [0.29, 0.717) is 0 Å². The van der Waals surface area contributed by atoms with Gasteiger partial charge in [-0.25, -0.2) is 4.79 Å². The van der Waals surface area contributed by atoms with E-state index in [0.717, 1.165) is 5.56 Å². The van der Waals surface area contributed by atoms with E-state index in [4.69, 9.17) is 5.11 Å². The van der Waals surface area contributed by atoms with Gasteiger partial charge >= 0.3 is 5.97 Å². The standard InChI is InChI=1S/C7H4O2S/c8-7(9)2-1-6-3-4-10-5-6/h3-5H,(H,8,9). The second-order valence-electron chi connectivity index (χ2n) is 1.57. The van der Waals surface area contributed by atoms with Crippen LogP contribution in [-0.2, 0) is 4.79 Å². The lowest BCUT2D eigenvalue weighted by atomic mass is 10.3. The summed E-state index contributed by atoms with van der Waals surface area (Å²) >= 11 is 1.50. The summed E-state index contributed by atoms with van der Waals surface area (Å²) in [5.74, 6) is 3.41. The highest BCUT2D eigenvalue weighted by Crippen LogP contribution is 2.02. The van der Waals surface area contributed by atoms with Gasteiger partial charge in [0.05, 0.1) is 0 Å². The van der Waals surface area contributed by atoms with E-state index in [1.165, 1.54) is 11.3 Å². The third kappa shape index (κ3) is 1.92. The quantitative estimate of drug-likeness (QED) is 0.567. The fraction of sp³-hybridized carbons (Fsp3) is 0. The number of hydrogen-bond acceptors (Lipinski definition) is 2. The first-order valence-corrected chi connectivity index (χ1v) is 3.50. The van der Waals surface area contributed by atoms with Crippen molar-refractivity contribution >= 4 is 17.3 Å². The Balaban J connectivity index is 2.75. The van der Waals surface area contributed by atoms with Crippen LogP contribution >= 0.6 is 11.3 Å². The topological polar surface area (TPSA) is 37.3 Å². The second kappa shape index (κ2) is 3.04. The summed E-state index contributed by atoms with van der Waals surface area (Å²) in [5.41, 5.74) is 0.757. The van der Waals surface area contributed by atoms with Crippen LogP contribution in [0.1, 0.15) is 5.56 Å². The summed E-state index contributed by atoms with van der Waals surface area (Å²) in [5, 5.41) is 11.8. The Hall–Kier alpha value is -1.27. The fourth-order valence-corrected chi connectivity index (χ4v) is 1.05. The van der Waals surface area contributed by atoms with Crippen LogP contribution in [0.4, 0.5) is 0 Å². The lowest BCUT2D eigenvalue weighted by molar-refractivity contribution is -0.130. The zero-order valence-corrected chi connectivity index (χ0v) is 5.81. The fourth-order valence-electron chi connectivity index (χ4n) is 0.461. The van der Waals surface area contributed by atoms with Gasteiger partial charge in [-0.1, -0.05) is 5.92 Å². The molecule has 0 atom stereocenters. The number of thiophene rings is 1. The second-order valence-corrected chi connectivity index (χ2v) is 2.35. The van der Waals surface area contributed by atoms with Crippen LogP contribution in [0.2, 0.25) is 0 Å². The van der Waals surface area contributed by atoms with Gasteiger partial charge in [0.1, 0.15) is 0 Å². The zero-order chi connectivity index (χ0) is 7.40. The molecule has 10 heavy (non-hydrogen) atoms. The Kier molecular flexibility index (Phi) is 2.08. The van der Waals surface area contributed by atoms with Gasteiger partial charge in [-0.3, -0.25) is 0 Å². The third-order valence-electron chi connectivity index (χ3n) is 0.835. The van der Waals surface area contributed by atoms with Crippen molar-refractivity contribution in [1.82, 2.24) is 0 Å². The van der Waals surface area contributed by atoms with E-state index in [1.54, 1.807) is 11.4 Å². The van der Waals surface area contributed by atoms with Gasteiger partial charge in [-0.15, -0.1) is 0 Å². The van der Waals surface area contributed by atoms with E-state index >= 15 is 0 Å². The molecule has 0 aliphatic rings. The minimum atomic E-state index is -1.09. The number of carbonyl (C=O) groups is 1. The van der Waals surface area contributed by atoms with Crippen molar-refractivity contribution in [3.05, 3.63) is 22.4 Å². The van der Waals surface area contributed by atoms with Gasteiger partial charge in [-0.05, 0) is 11.4 Å². The molecular weight excluding hydrogens is 148 g/mol. The summed E-state index contributed by atoms with van der Waals surface area (Å²) in [4.78, 5) is 9.92. The minimum Gasteiger partial charge on any atom is -0.472 e. The van der Waals surface area contributed by atoms with Crippen molar-refractivity contribution in [3.8, 4) is 11.8 Å². The molecule has 1 aromatic heterocycles. The van der Waals surface area contributed by atoms with Crippen LogP contribution in [-0.4, -0.2) is 11.1 Å². The predicted molar refractivity (Wildman–Crippen MR) is 38.8 cm³/mol. The van der Waals surface area contributed by atoms with Gasteiger partial charge in [0.25, 0.3) is 0 Å². The van der Waals surface area contributed by atoms with E-state index in [-0.39, 0.29) is 0 Å². The van der Waals surface area contributed by atoms with E-state index in [2.05, 4.69) is 5.92 Å². The molecule has 0 spiro atoms. The molecule has 0 aliphatic heterocycles. The molecule has 1 heterocycles. The Labute approximate surface area is 62.1 Å². The van der Waals surface area contributed by atoms with Crippen LogP contribution in [0.25, 0.3) is 0 Å². The molecule has 0 radical (unpaired) electrons. The molecule has 1 N–H and O–H groups in total. The van der Waals surface area contributed by atoms with Crippen LogP contribution in [0.15, 0.2) is 16.8 Å². The highest BCUT2D eigenvalue weighted by atomic mass is 32.1.